The number of anilines is 2. The molecule has 0 unspecified atom stereocenters. The van der Waals surface area contributed by atoms with Crippen molar-refractivity contribution in [1.29, 1.82) is 0 Å². The molecule has 9 nitrogen and oxygen atoms in total. The summed E-state index contributed by atoms with van der Waals surface area (Å²) < 4.78 is 30.8. The first-order valence-electron chi connectivity index (χ1n) is 9.07. The molecular formula is C16H29N5O4S2. The monoisotopic (exact) mass is 419 g/mol. The second-order valence-electron chi connectivity index (χ2n) is 7.16. The van der Waals surface area contributed by atoms with E-state index in [1.54, 1.807) is 0 Å². The van der Waals surface area contributed by atoms with Crippen molar-refractivity contribution in [1.82, 2.24) is 15.0 Å². The minimum Gasteiger partial charge on any atom is -0.394 e. The number of rotatable bonds is 10. The van der Waals surface area contributed by atoms with E-state index in [1.165, 1.54) is 11.8 Å². The highest BCUT2D eigenvalue weighted by Gasteiger charge is 2.18. The molecule has 11 heteroatoms. The van der Waals surface area contributed by atoms with Crippen molar-refractivity contribution in [3.8, 4) is 0 Å². The fraction of sp³-hybridized carbons (Fsp3) is 0.812. The number of nitrogens with zero attached hydrogens (tertiary/aromatic N) is 3. The van der Waals surface area contributed by atoms with Crippen molar-refractivity contribution >= 4 is 33.7 Å². The van der Waals surface area contributed by atoms with Gasteiger partial charge >= 0.3 is 0 Å². The molecule has 1 aliphatic rings. The smallest absolute Gasteiger partial charge is 0.242 e. The molecule has 1 saturated heterocycles. The fourth-order valence-corrected chi connectivity index (χ4v) is 4.18. The van der Waals surface area contributed by atoms with Gasteiger partial charge in [-0.2, -0.15) is 15.0 Å². The third-order valence-corrected chi connectivity index (χ3v) is 5.62. The minimum absolute atomic E-state index is 0.0225. The van der Waals surface area contributed by atoms with Crippen LogP contribution in [-0.2, 0) is 14.8 Å². The number of hydrogen-bond donors (Lipinski definition) is 3. The van der Waals surface area contributed by atoms with Crippen LogP contribution < -0.4 is 10.0 Å². The van der Waals surface area contributed by atoms with Crippen LogP contribution in [-0.4, -0.2) is 66.3 Å². The van der Waals surface area contributed by atoms with Crippen molar-refractivity contribution in [2.75, 3.05) is 41.9 Å². The summed E-state index contributed by atoms with van der Waals surface area (Å²) in [5.74, 6) is 1.97. The molecular weight excluding hydrogens is 390 g/mol. The molecule has 3 N–H and O–H groups in total. The molecule has 0 radical (unpaired) electrons. The first-order chi connectivity index (χ1) is 12.7. The van der Waals surface area contributed by atoms with Gasteiger partial charge in [0.25, 0.3) is 0 Å². The first-order valence-corrected chi connectivity index (χ1v) is 11.9. The van der Waals surface area contributed by atoms with Crippen molar-refractivity contribution in [2.24, 2.45) is 11.8 Å². The molecule has 0 amide bonds. The van der Waals surface area contributed by atoms with Crippen molar-refractivity contribution in [3.63, 3.8) is 0 Å². The van der Waals surface area contributed by atoms with Crippen LogP contribution in [0.1, 0.15) is 33.1 Å². The van der Waals surface area contributed by atoms with Crippen LogP contribution in [0, 0.1) is 11.8 Å². The van der Waals surface area contributed by atoms with Gasteiger partial charge in [-0.05, 0) is 31.1 Å². The molecule has 27 heavy (non-hydrogen) atoms. The minimum atomic E-state index is -3.50. The van der Waals surface area contributed by atoms with Crippen LogP contribution in [0.2, 0.25) is 0 Å². The molecule has 154 valence electrons. The van der Waals surface area contributed by atoms with E-state index in [0.29, 0.717) is 17.0 Å². The summed E-state index contributed by atoms with van der Waals surface area (Å²) in [5.41, 5.74) is 0. The maximum atomic E-state index is 11.6. The Kier molecular flexibility index (Phi) is 8.52. The van der Waals surface area contributed by atoms with Gasteiger partial charge in [0.2, 0.25) is 21.9 Å². The standard InChI is InChI=1S/C16H29N5O4S2/c1-11(2)8-13(9-22)17-14-18-15(21-27(3,23)24)20-16(19-14)26-10-12-4-6-25-7-5-12/h11-13,22H,4-10H2,1-3H3,(H2,17,18,19,20,21)/t13-/m1/s1. The van der Waals surface area contributed by atoms with Gasteiger partial charge in [0, 0.05) is 19.0 Å². The van der Waals surface area contributed by atoms with E-state index >= 15 is 0 Å². The lowest BCUT2D eigenvalue weighted by atomic mass is 10.0. The first kappa shape index (κ1) is 22.1. The zero-order valence-electron chi connectivity index (χ0n) is 16.0. The van der Waals surface area contributed by atoms with Gasteiger partial charge in [-0.15, -0.1) is 0 Å². The van der Waals surface area contributed by atoms with E-state index in [-0.39, 0.29) is 24.5 Å². The zero-order chi connectivity index (χ0) is 19.9. The third-order valence-electron chi connectivity index (χ3n) is 3.99. The predicted octanol–water partition coefficient (Wildman–Crippen LogP) is 1.58. The molecule has 1 aliphatic heterocycles. The molecule has 0 spiro atoms. The van der Waals surface area contributed by atoms with E-state index in [4.69, 9.17) is 4.74 Å². The van der Waals surface area contributed by atoms with Gasteiger partial charge < -0.3 is 15.2 Å². The highest BCUT2D eigenvalue weighted by Crippen LogP contribution is 2.25. The van der Waals surface area contributed by atoms with Gasteiger partial charge in [-0.3, -0.25) is 4.72 Å². The van der Waals surface area contributed by atoms with Crippen LogP contribution >= 0.6 is 11.8 Å². The lowest BCUT2D eigenvalue weighted by molar-refractivity contribution is 0.0728. The maximum absolute atomic E-state index is 11.6. The van der Waals surface area contributed by atoms with Crippen LogP contribution in [0.25, 0.3) is 0 Å². The molecule has 1 fully saturated rings. The maximum Gasteiger partial charge on any atom is 0.242 e. The van der Waals surface area contributed by atoms with Crippen LogP contribution in [0.15, 0.2) is 5.16 Å². The normalized spacial score (nSPS) is 17.1. The van der Waals surface area contributed by atoms with E-state index in [2.05, 4.69) is 38.8 Å². The average molecular weight is 420 g/mol. The molecule has 1 aromatic rings. The van der Waals surface area contributed by atoms with Crippen LogP contribution in [0.3, 0.4) is 0 Å². The van der Waals surface area contributed by atoms with Crippen molar-refractivity contribution < 1.29 is 18.3 Å². The van der Waals surface area contributed by atoms with Gasteiger partial charge in [-0.25, -0.2) is 8.42 Å². The quantitative estimate of drug-likeness (QED) is 0.484. The summed E-state index contributed by atoms with van der Waals surface area (Å²) in [6.45, 7) is 5.59. The Morgan fingerprint density at radius 3 is 2.48 bits per heavy atom. The van der Waals surface area contributed by atoms with Gasteiger partial charge in [-0.1, -0.05) is 25.6 Å². The van der Waals surface area contributed by atoms with E-state index in [0.717, 1.165) is 44.5 Å². The topological polar surface area (TPSA) is 126 Å². The Hall–Kier alpha value is -1.17. The predicted molar refractivity (Wildman–Crippen MR) is 107 cm³/mol. The second kappa shape index (κ2) is 10.4. The van der Waals surface area contributed by atoms with E-state index < -0.39 is 10.0 Å². The largest absolute Gasteiger partial charge is 0.394 e. The fourth-order valence-electron chi connectivity index (χ4n) is 2.73. The third kappa shape index (κ3) is 8.58. The Morgan fingerprint density at radius 2 is 1.89 bits per heavy atom. The number of nitrogens with one attached hydrogen (secondary N) is 2. The molecule has 1 atom stereocenters. The molecule has 0 aromatic carbocycles. The summed E-state index contributed by atoms with van der Waals surface area (Å²) in [5, 5.41) is 13.1. The molecule has 0 aliphatic carbocycles. The summed E-state index contributed by atoms with van der Waals surface area (Å²) in [4.78, 5) is 12.7. The van der Waals surface area contributed by atoms with Crippen LogP contribution in [0.4, 0.5) is 11.9 Å². The van der Waals surface area contributed by atoms with Crippen molar-refractivity contribution in [3.05, 3.63) is 0 Å². The number of aliphatic hydroxyl groups excluding tert-OH is 1. The van der Waals surface area contributed by atoms with E-state index in [9.17, 15) is 13.5 Å². The molecule has 2 heterocycles. The lowest BCUT2D eigenvalue weighted by Crippen LogP contribution is -2.27. The van der Waals surface area contributed by atoms with Gasteiger partial charge in [0.1, 0.15) is 0 Å². The zero-order valence-corrected chi connectivity index (χ0v) is 17.6. The summed E-state index contributed by atoms with van der Waals surface area (Å²) in [7, 11) is -3.50. The second-order valence-corrected chi connectivity index (χ2v) is 9.90. The summed E-state index contributed by atoms with van der Waals surface area (Å²) >= 11 is 1.47. The Labute approximate surface area is 165 Å². The number of aromatic nitrogens is 3. The number of aliphatic hydroxyl groups is 1. The number of hydrogen-bond acceptors (Lipinski definition) is 9. The van der Waals surface area contributed by atoms with Crippen LogP contribution in [0.5, 0.6) is 0 Å². The number of thioether (sulfide) groups is 1. The average Bonchev–Trinajstić information content (AvgIpc) is 2.58. The highest BCUT2D eigenvalue weighted by atomic mass is 32.2. The molecule has 2 rings (SSSR count). The molecule has 1 aromatic heterocycles. The summed E-state index contributed by atoms with van der Waals surface area (Å²) in [6.07, 6.45) is 3.78. The van der Waals surface area contributed by atoms with Gasteiger partial charge in [0.15, 0.2) is 5.16 Å². The number of sulfonamides is 1. The lowest BCUT2D eigenvalue weighted by Gasteiger charge is -2.21. The Morgan fingerprint density at radius 1 is 1.22 bits per heavy atom. The SMILES string of the molecule is CC(C)C[C@H](CO)Nc1nc(NS(C)(=O)=O)nc(SCC2CCOCC2)n1. The summed E-state index contributed by atoms with van der Waals surface area (Å²) in [6, 6.07) is -0.216. The van der Waals surface area contributed by atoms with E-state index in [1.807, 2.05) is 0 Å². The van der Waals surface area contributed by atoms with Crippen molar-refractivity contribution in [2.45, 2.75) is 44.3 Å². The molecule has 0 bridgehead atoms. The van der Waals surface area contributed by atoms with Gasteiger partial charge in [0.05, 0.1) is 18.9 Å². The number of ether oxygens (including phenoxy) is 1. The molecule has 0 saturated carbocycles. The Bertz CT molecular complexity index is 696. The Balaban J connectivity index is 2.14. The highest BCUT2D eigenvalue weighted by molar-refractivity contribution is 7.99.